The van der Waals surface area contributed by atoms with Crippen molar-refractivity contribution in [1.82, 2.24) is 9.55 Å². The van der Waals surface area contributed by atoms with Gasteiger partial charge in [-0.25, -0.2) is 9.78 Å². The standard InChI is InChI=1S/C17H19N3O4/c1-3-6-12-9-16(22)20(11-18-12)10-15(21)19-14-8-5-4-7-13(14)17(23)24-2/h4-5,7-9,11H,3,6,10H2,1-2H3,(H,19,21). The number of esters is 1. The van der Waals surface area contributed by atoms with Crippen molar-refractivity contribution < 1.29 is 14.3 Å². The highest BCUT2D eigenvalue weighted by Gasteiger charge is 2.13. The summed E-state index contributed by atoms with van der Waals surface area (Å²) >= 11 is 0. The quantitative estimate of drug-likeness (QED) is 0.813. The lowest BCUT2D eigenvalue weighted by Crippen LogP contribution is -2.28. The molecule has 0 aliphatic carbocycles. The molecular formula is C17H19N3O4. The molecule has 0 saturated carbocycles. The van der Waals surface area contributed by atoms with Crippen LogP contribution in [0.4, 0.5) is 5.69 Å². The molecule has 1 aromatic carbocycles. The van der Waals surface area contributed by atoms with Crippen molar-refractivity contribution in [3.8, 4) is 0 Å². The summed E-state index contributed by atoms with van der Waals surface area (Å²) in [5.41, 5.74) is 0.995. The molecule has 7 heteroatoms. The Morgan fingerprint density at radius 2 is 2.04 bits per heavy atom. The van der Waals surface area contributed by atoms with Crippen LogP contribution in [-0.4, -0.2) is 28.5 Å². The smallest absolute Gasteiger partial charge is 0.339 e. The number of ether oxygens (including phenoxy) is 1. The van der Waals surface area contributed by atoms with Crippen molar-refractivity contribution in [2.45, 2.75) is 26.3 Å². The van der Waals surface area contributed by atoms with Crippen molar-refractivity contribution in [1.29, 1.82) is 0 Å². The number of aryl methyl sites for hydroxylation is 1. The van der Waals surface area contributed by atoms with Gasteiger partial charge in [-0.1, -0.05) is 25.5 Å². The van der Waals surface area contributed by atoms with Crippen LogP contribution in [0.15, 0.2) is 41.5 Å². The summed E-state index contributed by atoms with van der Waals surface area (Å²) in [7, 11) is 1.27. The van der Waals surface area contributed by atoms with Crippen molar-refractivity contribution in [3.63, 3.8) is 0 Å². The molecule has 0 fully saturated rings. The molecule has 0 spiro atoms. The van der Waals surface area contributed by atoms with Crippen LogP contribution in [0.2, 0.25) is 0 Å². The molecular weight excluding hydrogens is 310 g/mol. The molecule has 1 aromatic heterocycles. The van der Waals surface area contributed by atoms with Crippen molar-refractivity contribution >= 4 is 17.6 Å². The SMILES string of the molecule is CCCc1cc(=O)n(CC(=O)Nc2ccccc2C(=O)OC)cn1. The Kier molecular flexibility index (Phi) is 5.83. The molecule has 0 radical (unpaired) electrons. The van der Waals surface area contributed by atoms with Crippen LogP contribution in [0, 0.1) is 0 Å². The fraction of sp³-hybridized carbons (Fsp3) is 0.294. The fourth-order valence-corrected chi connectivity index (χ4v) is 2.20. The second kappa shape index (κ2) is 8.05. The number of nitrogens with zero attached hydrogens (tertiary/aromatic N) is 2. The van der Waals surface area contributed by atoms with Gasteiger partial charge >= 0.3 is 5.97 Å². The molecule has 24 heavy (non-hydrogen) atoms. The largest absolute Gasteiger partial charge is 0.465 e. The minimum absolute atomic E-state index is 0.187. The molecule has 7 nitrogen and oxygen atoms in total. The lowest BCUT2D eigenvalue weighted by molar-refractivity contribution is -0.116. The summed E-state index contributed by atoms with van der Waals surface area (Å²) in [6, 6.07) is 7.93. The predicted molar refractivity (Wildman–Crippen MR) is 88.9 cm³/mol. The maximum absolute atomic E-state index is 12.2. The van der Waals surface area contributed by atoms with E-state index in [2.05, 4.69) is 15.0 Å². The highest BCUT2D eigenvalue weighted by Crippen LogP contribution is 2.15. The first-order valence-electron chi connectivity index (χ1n) is 7.57. The Bertz CT molecular complexity index is 798. The number of hydrogen-bond donors (Lipinski definition) is 1. The van der Waals surface area contributed by atoms with Crippen LogP contribution in [0.5, 0.6) is 0 Å². The van der Waals surface area contributed by atoms with Gasteiger partial charge < -0.3 is 10.1 Å². The Hall–Kier alpha value is -2.96. The normalized spacial score (nSPS) is 10.2. The molecule has 1 amide bonds. The summed E-state index contributed by atoms with van der Waals surface area (Å²) in [5.74, 6) is -0.979. The highest BCUT2D eigenvalue weighted by atomic mass is 16.5. The van der Waals surface area contributed by atoms with Gasteiger partial charge in [-0.2, -0.15) is 0 Å². The van der Waals surface area contributed by atoms with Crippen LogP contribution < -0.4 is 10.9 Å². The molecule has 126 valence electrons. The zero-order valence-corrected chi connectivity index (χ0v) is 13.6. The zero-order chi connectivity index (χ0) is 17.5. The monoisotopic (exact) mass is 329 g/mol. The van der Waals surface area contributed by atoms with E-state index in [4.69, 9.17) is 0 Å². The lowest BCUT2D eigenvalue weighted by atomic mass is 10.2. The number of carbonyl (C=O) groups excluding carboxylic acids is 2. The van der Waals surface area contributed by atoms with Crippen molar-refractivity contribution in [2.24, 2.45) is 0 Å². The molecule has 0 saturated heterocycles. The Labute approximate surface area is 139 Å². The van der Waals surface area contributed by atoms with Crippen LogP contribution in [-0.2, 0) is 22.5 Å². The van der Waals surface area contributed by atoms with E-state index in [0.29, 0.717) is 11.4 Å². The number of para-hydroxylation sites is 1. The van der Waals surface area contributed by atoms with E-state index in [1.807, 2.05) is 6.92 Å². The summed E-state index contributed by atoms with van der Waals surface area (Å²) in [6.07, 6.45) is 2.97. The number of anilines is 1. The molecule has 0 bridgehead atoms. The predicted octanol–water partition coefficient (Wildman–Crippen LogP) is 1.62. The van der Waals surface area contributed by atoms with Gasteiger partial charge in [0, 0.05) is 11.8 Å². The number of amides is 1. The van der Waals surface area contributed by atoms with Gasteiger partial charge in [0.05, 0.1) is 24.7 Å². The highest BCUT2D eigenvalue weighted by molar-refractivity contribution is 6.01. The van der Waals surface area contributed by atoms with Gasteiger partial charge in [-0.15, -0.1) is 0 Å². The van der Waals surface area contributed by atoms with Crippen molar-refractivity contribution in [2.75, 3.05) is 12.4 Å². The average Bonchev–Trinajstić information content (AvgIpc) is 2.57. The van der Waals surface area contributed by atoms with E-state index < -0.39 is 11.9 Å². The summed E-state index contributed by atoms with van der Waals surface area (Å²) < 4.78 is 5.89. The number of nitrogens with one attached hydrogen (secondary N) is 1. The van der Waals surface area contributed by atoms with Crippen LogP contribution in [0.3, 0.4) is 0 Å². The zero-order valence-electron chi connectivity index (χ0n) is 13.6. The van der Waals surface area contributed by atoms with Gasteiger partial charge in [0.2, 0.25) is 5.91 Å². The molecule has 0 aliphatic rings. The molecule has 2 rings (SSSR count). The molecule has 0 atom stereocenters. The van der Waals surface area contributed by atoms with Gasteiger partial charge in [0.15, 0.2) is 0 Å². The van der Waals surface area contributed by atoms with Crippen LogP contribution >= 0.6 is 0 Å². The average molecular weight is 329 g/mol. The van der Waals surface area contributed by atoms with Gasteiger partial charge in [-0.05, 0) is 18.6 Å². The summed E-state index contributed by atoms with van der Waals surface area (Å²) in [5, 5.41) is 2.61. The Morgan fingerprint density at radius 1 is 1.29 bits per heavy atom. The first kappa shape index (κ1) is 17.4. The number of rotatable bonds is 6. The number of aromatic nitrogens is 2. The van der Waals surface area contributed by atoms with E-state index in [9.17, 15) is 14.4 Å². The molecule has 2 aromatic rings. The minimum Gasteiger partial charge on any atom is -0.465 e. The van der Waals surface area contributed by atoms with E-state index in [1.54, 1.807) is 24.3 Å². The third-order valence-corrected chi connectivity index (χ3v) is 3.36. The summed E-state index contributed by atoms with van der Waals surface area (Å²) in [4.78, 5) is 40.0. The maximum Gasteiger partial charge on any atom is 0.339 e. The summed E-state index contributed by atoms with van der Waals surface area (Å²) in [6.45, 7) is 1.81. The molecule has 1 heterocycles. The van der Waals surface area contributed by atoms with Gasteiger partial charge in [0.25, 0.3) is 5.56 Å². The van der Waals surface area contributed by atoms with Crippen LogP contribution in [0.25, 0.3) is 0 Å². The Balaban J connectivity index is 2.12. The molecule has 0 unspecified atom stereocenters. The molecule has 0 aliphatic heterocycles. The third-order valence-electron chi connectivity index (χ3n) is 3.36. The van der Waals surface area contributed by atoms with Gasteiger partial charge in [0.1, 0.15) is 6.54 Å². The van der Waals surface area contributed by atoms with E-state index >= 15 is 0 Å². The van der Waals surface area contributed by atoms with Gasteiger partial charge in [-0.3, -0.25) is 14.2 Å². The van der Waals surface area contributed by atoms with E-state index in [0.717, 1.165) is 12.8 Å². The maximum atomic E-state index is 12.2. The lowest BCUT2D eigenvalue weighted by Gasteiger charge is -2.10. The van der Waals surface area contributed by atoms with Crippen molar-refractivity contribution in [3.05, 3.63) is 58.3 Å². The third kappa shape index (κ3) is 4.28. The first-order chi connectivity index (χ1) is 11.5. The number of hydrogen-bond acceptors (Lipinski definition) is 5. The number of benzene rings is 1. The first-order valence-corrected chi connectivity index (χ1v) is 7.57. The molecule has 1 N–H and O–H groups in total. The van der Waals surface area contributed by atoms with E-state index in [1.165, 1.54) is 24.1 Å². The second-order valence-electron chi connectivity index (χ2n) is 5.18. The van der Waals surface area contributed by atoms with Crippen LogP contribution in [0.1, 0.15) is 29.4 Å². The number of methoxy groups -OCH3 is 1. The number of carbonyl (C=O) groups is 2. The fourth-order valence-electron chi connectivity index (χ4n) is 2.20. The minimum atomic E-state index is -0.548. The topological polar surface area (TPSA) is 90.3 Å². The second-order valence-corrected chi connectivity index (χ2v) is 5.18. The Morgan fingerprint density at radius 3 is 2.71 bits per heavy atom. The van der Waals surface area contributed by atoms with E-state index in [-0.39, 0.29) is 17.7 Å².